The van der Waals surface area contributed by atoms with Crippen molar-refractivity contribution in [3.8, 4) is 0 Å². The van der Waals surface area contributed by atoms with Crippen LogP contribution in [0.2, 0.25) is 0 Å². The first-order valence-corrected chi connectivity index (χ1v) is 6.22. The molecule has 4 heteroatoms. The van der Waals surface area contributed by atoms with Gasteiger partial charge in [0.05, 0.1) is 5.39 Å². The van der Waals surface area contributed by atoms with Crippen LogP contribution in [0, 0.1) is 0 Å². The molecular weight excluding hydrogens is 226 g/mol. The van der Waals surface area contributed by atoms with E-state index < -0.39 is 0 Å². The van der Waals surface area contributed by atoms with Gasteiger partial charge < -0.3 is 4.98 Å². The molecule has 0 spiro atoms. The molecule has 0 bridgehead atoms. The number of aromatic amines is 1. The fourth-order valence-corrected chi connectivity index (χ4v) is 2.09. The average Bonchev–Trinajstić information content (AvgIpc) is 2.59. The van der Waals surface area contributed by atoms with Gasteiger partial charge in [-0.15, -0.1) is 0 Å². The van der Waals surface area contributed by atoms with Crippen LogP contribution in [-0.2, 0) is 11.0 Å². The van der Waals surface area contributed by atoms with Crippen molar-refractivity contribution >= 4 is 11.0 Å². The average molecular weight is 247 g/mol. The van der Waals surface area contributed by atoms with E-state index in [9.17, 15) is 4.79 Å². The van der Waals surface area contributed by atoms with Crippen molar-refractivity contribution in [2.75, 3.05) is 0 Å². The summed E-state index contributed by atoms with van der Waals surface area (Å²) < 4.78 is 1.69. The molecule has 0 aliphatic rings. The third-order valence-electron chi connectivity index (χ3n) is 3.13. The predicted octanol–water partition coefficient (Wildman–Crippen LogP) is 2.78. The van der Waals surface area contributed by atoms with Gasteiger partial charge in [0.1, 0.15) is 12.0 Å². The van der Waals surface area contributed by atoms with Gasteiger partial charge >= 0.3 is 0 Å². The van der Waals surface area contributed by atoms with Crippen molar-refractivity contribution in [1.82, 2.24) is 14.5 Å². The Morgan fingerprint density at radius 2 is 1.78 bits per heavy atom. The van der Waals surface area contributed by atoms with Crippen molar-refractivity contribution in [3.63, 3.8) is 0 Å². The number of nitrogens with zero attached hydrogens (tertiary/aromatic N) is 2. The Hall–Kier alpha value is -1.58. The van der Waals surface area contributed by atoms with Gasteiger partial charge in [-0.25, -0.2) is 4.98 Å². The molecule has 0 unspecified atom stereocenters. The first kappa shape index (κ1) is 12.9. The minimum Gasteiger partial charge on any atom is -0.346 e. The molecule has 1 N–H and O–H groups in total. The molecule has 18 heavy (non-hydrogen) atoms. The van der Waals surface area contributed by atoms with Crippen LogP contribution in [0.15, 0.2) is 17.3 Å². The Labute approximate surface area is 107 Å². The van der Waals surface area contributed by atoms with E-state index in [1.54, 1.807) is 10.9 Å². The second-order valence-electron chi connectivity index (χ2n) is 6.77. The van der Waals surface area contributed by atoms with Crippen LogP contribution in [-0.4, -0.2) is 14.5 Å². The molecule has 98 valence electrons. The number of fused-ring (bicyclic) bond motifs is 1. The Bertz CT molecular complexity index is 636. The summed E-state index contributed by atoms with van der Waals surface area (Å²) in [5, 5.41) is 0.708. The SMILES string of the molecule is CC(C)(C)c1c[nH]c2ncn(C(C)(C)C)c(=O)c12. The molecule has 0 radical (unpaired) electrons. The number of hydrogen-bond donors (Lipinski definition) is 1. The number of rotatable bonds is 0. The molecule has 0 fully saturated rings. The Balaban J connectivity index is 2.85. The zero-order valence-corrected chi connectivity index (χ0v) is 12.0. The maximum Gasteiger partial charge on any atom is 0.263 e. The summed E-state index contributed by atoms with van der Waals surface area (Å²) in [6.45, 7) is 12.3. The highest BCUT2D eigenvalue weighted by Gasteiger charge is 2.24. The highest BCUT2D eigenvalue weighted by Crippen LogP contribution is 2.27. The highest BCUT2D eigenvalue weighted by molar-refractivity contribution is 5.79. The largest absolute Gasteiger partial charge is 0.346 e. The van der Waals surface area contributed by atoms with E-state index >= 15 is 0 Å². The first-order valence-electron chi connectivity index (χ1n) is 6.22. The summed E-state index contributed by atoms with van der Waals surface area (Å²) in [4.78, 5) is 20.0. The molecule has 0 aliphatic carbocycles. The number of hydrogen-bond acceptors (Lipinski definition) is 2. The fourth-order valence-electron chi connectivity index (χ4n) is 2.09. The van der Waals surface area contributed by atoms with Gasteiger partial charge in [-0.3, -0.25) is 9.36 Å². The van der Waals surface area contributed by atoms with Crippen molar-refractivity contribution in [3.05, 3.63) is 28.4 Å². The quantitative estimate of drug-likeness (QED) is 0.778. The van der Waals surface area contributed by atoms with Crippen LogP contribution in [0.3, 0.4) is 0 Å². The summed E-state index contributed by atoms with van der Waals surface area (Å²) in [5.41, 5.74) is 1.39. The molecule has 4 nitrogen and oxygen atoms in total. The van der Waals surface area contributed by atoms with Gasteiger partial charge in [0.2, 0.25) is 0 Å². The zero-order valence-electron chi connectivity index (χ0n) is 12.0. The molecule has 0 saturated carbocycles. The lowest BCUT2D eigenvalue weighted by atomic mass is 9.87. The lowest BCUT2D eigenvalue weighted by Gasteiger charge is -2.22. The van der Waals surface area contributed by atoms with Gasteiger partial charge in [-0.1, -0.05) is 20.8 Å². The second kappa shape index (κ2) is 3.70. The first-order chi connectivity index (χ1) is 8.12. The summed E-state index contributed by atoms with van der Waals surface area (Å²) >= 11 is 0. The molecule has 0 aliphatic heterocycles. The van der Waals surface area contributed by atoms with E-state index in [0.717, 1.165) is 5.56 Å². The van der Waals surface area contributed by atoms with Crippen molar-refractivity contribution < 1.29 is 0 Å². The van der Waals surface area contributed by atoms with Crippen molar-refractivity contribution in [2.24, 2.45) is 0 Å². The highest BCUT2D eigenvalue weighted by atomic mass is 16.1. The van der Waals surface area contributed by atoms with E-state index in [-0.39, 0.29) is 16.5 Å². The number of nitrogens with one attached hydrogen (secondary N) is 1. The van der Waals surface area contributed by atoms with Gasteiger partial charge in [0.15, 0.2) is 0 Å². The molecule has 2 aromatic heterocycles. The van der Waals surface area contributed by atoms with E-state index in [0.29, 0.717) is 11.0 Å². The Morgan fingerprint density at radius 1 is 1.17 bits per heavy atom. The molecule has 0 atom stereocenters. The molecule has 0 aromatic carbocycles. The molecule has 2 aromatic rings. The maximum atomic E-state index is 12.6. The van der Waals surface area contributed by atoms with Gasteiger partial charge in [0.25, 0.3) is 5.56 Å². The normalized spacial score (nSPS) is 13.2. The lowest BCUT2D eigenvalue weighted by Crippen LogP contribution is -2.34. The third kappa shape index (κ3) is 1.96. The fraction of sp³-hybridized carbons (Fsp3) is 0.571. The van der Waals surface area contributed by atoms with Gasteiger partial charge in [-0.05, 0) is 31.7 Å². The van der Waals surface area contributed by atoms with E-state index in [1.807, 2.05) is 27.0 Å². The summed E-state index contributed by atoms with van der Waals surface area (Å²) in [6.07, 6.45) is 3.51. The monoisotopic (exact) mass is 247 g/mol. The summed E-state index contributed by atoms with van der Waals surface area (Å²) in [5.74, 6) is 0. The van der Waals surface area contributed by atoms with Gasteiger partial charge in [-0.2, -0.15) is 0 Å². The van der Waals surface area contributed by atoms with Gasteiger partial charge in [0, 0.05) is 11.7 Å². The van der Waals surface area contributed by atoms with Crippen LogP contribution >= 0.6 is 0 Å². The van der Waals surface area contributed by atoms with Crippen LogP contribution in [0.25, 0.3) is 11.0 Å². The summed E-state index contributed by atoms with van der Waals surface area (Å²) in [7, 11) is 0. The molecular formula is C14H21N3O. The number of H-pyrrole nitrogens is 1. The molecule has 0 amide bonds. The van der Waals surface area contributed by atoms with Crippen molar-refractivity contribution in [2.45, 2.75) is 52.5 Å². The van der Waals surface area contributed by atoms with Crippen LogP contribution in [0.4, 0.5) is 0 Å². The Kier molecular flexibility index (Phi) is 2.65. The van der Waals surface area contributed by atoms with Crippen molar-refractivity contribution in [1.29, 1.82) is 0 Å². The van der Waals surface area contributed by atoms with Crippen LogP contribution < -0.4 is 5.56 Å². The molecule has 2 rings (SSSR count). The minimum atomic E-state index is -0.259. The number of aromatic nitrogens is 3. The standard InChI is InChI=1S/C14H21N3O/c1-13(2,3)9-7-15-11-10(9)12(18)17(8-16-11)14(4,5)6/h7-8,15H,1-6H3. The summed E-state index contributed by atoms with van der Waals surface area (Å²) in [6, 6.07) is 0. The minimum absolute atomic E-state index is 0.0266. The molecule has 2 heterocycles. The second-order valence-corrected chi connectivity index (χ2v) is 6.77. The predicted molar refractivity (Wildman–Crippen MR) is 74.0 cm³/mol. The lowest BCUT2D eigenvalue weighted by molar-refractivity contribution is 0.381. The van der Waals surface area contributed by atoms with E-state index in [2.05, 4.69) is 30.7 Å². The smallest absolute Gasteiger partial charge is 0.263 e. The molecule has 0 saturated heterocycles. The zero-order chi connectivity index (χ0) is 13.7. The third-order valence-corrected chi connectivity index (χ3v) is 3.13. The maximum absolute atomic E-state index is 12.6. The van der Waals surface area contributed by atoms with E-state index in [4.69, 9.17) is 0 Å². The Morgan fingerprint density at radius 3 is 2.28 bits per heavy atom. The van der Waals surface area contributed by atoms with Crippen LogP contribution in [0.1, 0.15) is 47.1 Å². The van der Waals surface area contributed by atoms with Crippen LogP contribution in [0.5, 0.6) is 0 Å². The topological polar surface area (TPSA) is 50.7 Å². The van der Waals surface area contributed by atoms with E-state index in [1.165, 1.54) is 0 Å².